The Labute approximate surface area is 56.1 Å². The van der Waals surface area contributed by atoms with Crippen molar-refractivity contribution >= 4 is 0 Å². The minimum absolute atomic E-state index is 0.296. The maximum Gasteiger partial charge on any atom is 0.0459 e. The molecule has 0 heterocycles. The van der Waals surface area contributed by atoms with Crippen LogP contribution in [0.3, 0.4) is 0 Å². The van der Waals surface area contributed by atoms with Crippen LogP contribution >= 0.6 is 0 Å². The molecule has 1 aliphatic rings. The summed E-state index contributed by atoms with van der Waals surface area (Å²) in [7, 11) is 0. The van der Waals surface area contributed by atoms with Gasteiger partial charge in [-0.25, -0.2) is 0 Å². The van der Waals surface area contributed by atoms with E-state index in [1.807, 2.05) is 0 Å². The van der Waals surface area contributed by atoms with E-state index >= 15 is 0 Å². The van der Waals surface area contributed by atoms with Gasteiger partial charge in [0.2, 0.25) is 0 Å². The summed E-state index contributed by atoms with van der Waals surface area (Å²) in [6.07, 6.45) is 5.24. The average molecular weight is 128 g/mol. The lowest BCUT2D eigenvalue weighted by Crippen LogP contribution is -2.29. The van der Waals surface area contributed by atoms with Gasteiger partial charge in [0, 0.05) is 12.6 Å². The zero-order chi connectivity index (χ0) is 6.69. The molecular formula is C7H14NO. The Morgan fingerprint density at radius 1 is 1.56 bits per heavy atom. The maximum atomic E-state index is 8.73. The third-order valence-electron chi connectivity index (χ3n) is 1.86. The summed E-state index contributed by atoms with van der Waals surface area (Å²) in [5.41, 5.74) is 5.66. The highest BCUT2D eigenvalue weighted by atomic mass is 16.3. The van der Waals surface area contributed by atoms with E-state index in [1.165, 1.54) is 0 Å². The third-order valence-corrected chi connectivity index (χ3v) is 1.86. The lowest BCUT2D eigenvalue weighted by atomic mass is 9.87. The van der Waals surface area contributed by atoms with Crippen LogP contribution in [0.15, 0.2) is 0 Å². The van der Waals surface area contributed by atoms with Crippen LogP contribution in [0.1, 0.15) is 19.3 Å². The topological polar surface area (TPSA) is 46.2 Å². The maximum absolute atomic E-state index is 8.73. The highest BCUT2D eigenvalue weighted by molar-refractivity contribution is 4.84. The highest BCUT2D eigenvalue weighted by Crippen LogP contribution is 2.21. The predicted octanol–water partition coefficient (Wildman–Crippen LogP) is 0.310. The van der Waals surface area contributed by atoms with Crippen LogP contribution in [0, 0.1) is 12.3 Å². The first kappa shape index (κ1) is 7.03. The molecule has 1 rings (SSSR count). The van der Waals surface area contributed by atoms with Crippen molar-refractivity contribution in [2.24, 2.45) is 11.7 Å². The zero-order valence-electron chi connectivity index (χ0n) is 5.59. The SMILES string of the molecule is NC1C[CH]CC(CO)C1. The summed E-state index contributed by atoms with van der Waals surface area (Å²) >= 11 is 0. The van der Waals surface area contributed by atoms with E-state index in [2.05, 4.69) is 6.42 Å². The van der Waals surface area contributed by atoms with Crippen LogP contribution in [-0.2, 0) is 0 Å². The van der Waals surface area contributed by atoms with Gasteiger partial charge in [-0.05, 0) is 31.6 Å². The molecule has 9 heavy (non-hydrogen) atoms. The van der Waals surface area contributed by atoms with Gasteiger partial charge in [0.1, 0.15) is 0 Å². The second-order valence-electron chi connectivity index (χ2n) is 2.80. The van der Waals surface area contributed by atoms with Gasteiger partial charge in [0.05, 0.1) is 0 Å². The molecule has 0 aromatic heterocycles. The second-order valence-corrected chi connectivity index (χ2v) is 2.80. The van der Waals surface area contributed by atoms with Crippen LogP contribution in [0.4, 0.5) is 0 Å². The van der Waals surface area contributed by atoms with Crippen molar-refractivity contribution in [3.8, 4) is 0 Å². The Hall–Kier alpha value is -0.0800. The molecular weight excluding hydrogens is 114 g/mol. The Morgan fingerprint density at radius 2 is 2.33 bits per heavy atom. The van der Waals surface area contributed by atoms with Gasteiger partial charge in [-0.1, -0.05) is 0 Å². The molecule has 0 spiro atoms. The van der Waals surface area contributed by atoms with Gasteiger partial charge in [0.15, 0.2) is 0 Å². The first-order valence-electron chi connectivity index (χ1n) is 3.51. The van der Waals surface area contributed by atoms with Crippen LogP contribution in [0.5, 0.6) is 0 Å². The fourth-order valence-corrected chi connectivity index (χ4v) is 1.32. The molecule has 0 aromatic carbocycles. The predicted molar refractivity (Wildman–Crippen MR) is 36.7 cm³/mol. The van der Waals surface area contributed by atoms with E-state index in [9.17, 15) is 0 Å². The number of hydrogen-bond donors (Lipinski definition) is 2. The van der Waals surface area contributed by atoms with Crippen molar-refractivity contribution in [3.05, 3.63) is 6.42 Å². The number of aliphatic hydroxyl groups is 1. The number of hydrogen-bond acceptors (Lipinski definition) is 2. The molecule has 2 nitrogen and oxygen atoms in total. The molecule has 0 amide bonds. The summed E-state index contributed by atoms with van der Waals surface area (Å²) in [5, 5.41) is 8.73. The standard InChI is InChI=1S/C7H14NO/c8-7-3-1-2-6(4-7)5-9/h1,6-7,9H,2-5,8H2. The lowest BCUT2D eigenvalue weighted by molar-refractivity contribution is 0.197. The van der Waals surface area contributed by atoms with E-state index in [-0.39, 0.29) is 0 Å². The Morgan fingerprint density at radius 3 is 2.78 bits per heavy atom. The minimum Gasteiger partial charge on any atom is -0.396 e. The van der Waals surface area contributed by atoms with Gasteiger partial charge in [-0.3, -0.25) is 0 Å². The summed E-state index contributed by atoms with van der Waals surface area (Å²) in [6, 6.07) is 0.302. The van der Waals surface area contributed by atoms with E-state index in [0.29, 0.717) is 18.6 Å². The number of nitrogens with two attached hydrogens (primary N) is 1. The lowest BCUT2D eigenvalue weighted by Gasteiger charge is -2.24. The smallest absolute Gasteiger partial charge is 0.0459 e. The fraction of sp³-hybridized carbons (Fsp3) is 0.857. The summed E-state index contributed by atoms with van der Waals surface area (Å²) in [5.74, 6) is 0.439. The van der Waals surface area contributed by atoms with E-state index in [1.54, 1.807) is 0 Å². The second kappa shape index (κ2) is 3.18. The molecule has 2 heteroatoms. The first-order chi connectivity index (χ1) is 4.33. The molecule has 2 unspecified atom stereocenters. The van der Waals surface area contributed by atoms with Gasteiger partial charge in [-0.2, -0.15) is 0 Å². The molecule has 0 saturated heterocycles. The number of rotatable bonds is 1. The molecule has 1 radical (unpaired) electrons. The minimum atomic E-state index is 0.296. The normalized spacial score (nSPS) is 36.7. The molecule has 1 fully saturated rings. The van der Waals surface area contributed by atoms with Crippen molar-refractivity contribution in [3.63, 3.8) is 0 Å². The molecule has 1 saturated carbocycles. The third kappa shape index (κ3) is 1.95. The largest absolute Gasteiger partial charge is 0.396 e. The van der Waals surface area contributed by atoms with Gasteiger partial charge in [-0.15, -0.1) is 0 Å². The molecule has 0 aliphatic heterocycles. The number of aliphatic hydroxyl groups excluding tert-OH is 1. The molecule has 3 N–H and O–H groups in total. The Kier molecular flexibility index (Phi) is 2.49. The van der Waals surface area contributed by atoms with Gasteiger partial charge >= 0.3 is 0 Å². The Balaban J connectivity index is 2.23. The highest BCUT2D eigenvalue weighted by Gasteiger charge is 2.17. The van der Waals surface area contributed by atoms with Crippen LogP contribution < -0.4 is 5.73 Å². The summed E-state index contributed by atoms with van der Waals surface area (Å²) in [6.45, 7) is 0.296. The van der Waals surface area contributed by atoms with Crippen LogP contribution in [0.25, 0.3) is 0 Å². The molecule has 1 aliphatic carbocycles. The van der Waals surface area contributed by atoms with E-state index < -0.39 is 0 Å². The van der Waals surface area contributed by atoms with Gasteiger partial charge < -0.3 is 10.8 Å². The molecule has 2 atom stereocenters. The van der Waals surface area contributed by atoms with Crippen LogP contribution in [-0.4, -0.2) is 17.8 Å². The quantitative estimate of drug-likeness (QED) is 0.534. The molecule has 0 bridgehead atoms. The molecule has 0 aromatic rings. The van der Waals surface area contributed by atoms with E-state index in [0.717, 1.165) is 19.3 Å². The summed E-state index contributed by atoms with van der Waals surface area (Å²) < 4.78 is 0. The molecule has 53 valence electrons. The van der Waals surface area contributed by atoms with Crippen molar-refractivity contribution in [2.75, 3.05) is 6.61 Å². The average Bonchev–Trinajstić information content (AvgIpc) is 1.88. The van der Waals surface area contributed by atoms with Crippen molar-refractivity contribution in [2.45, 2.75) is 25.3 Å². The fourth-order valence-electron chi connectivity index (χ4n) is 1.32. The monoisotopic (exact) mass is 128 g/mol. The van der Waals surface area contributed by atoms with Crippen molar-refractivity contribution in [1.82, 2.24) is 0 Å². The van der Waals surface area contributed by atoms with Crippen molar-refractivity contribution < 1.29 is 5.11 Å². The van der Waals surface area contributed by atoms with Crippen LogP contribution in [0.2, 0.25) is 0 Å². The zero-order valence-corrected chi connectivity index (χ0v) is 5.59. The summed E-state index contributed by atoms with van der Waals surface area (Å²) in [4.78, 5) is 0. The van der Waals surface area contributed by atoms with Gasteiger partial charge in [0.25, 0.3) is 0 Å². The Bertz CT molecular complexity index is 85.0. The van der Waals surface area contributed by atoms with Crippen molar-refractivity contribution in [1.29, 1.82) is 0 Å². The van der Waals surface area contributed by atoms with E-state index in [4.69, 9.17) is 10.8 Å². The first-order valence-corrected chi connectivity index (χ1v) is 3.51.